The standard InChI is InChI=1S/C10H15F2NO4/c1-9(2,3)17-8(16)13-4-6(11)10(12,5-13)7(14)15/h6H,4-5H2,1-3H3,(H,14,15). The van der Waals surface area contributed by atoms with Crippen molar-refractivity contribution in [2.24, 2.45) is 0 Å². The summed E-state index contributed by atoms with van der Waals surface area (Å²) in [5.74, 6) is -1.91. The van der Waals surface area contributed by atoms with Crippen LogP contribution in [0.15, 0.2) is 0 Å². The molecular formula is C10H15F2NO4. The van der Waals surface area contributed by atoms with Gasteiger partial charge in [0.1, 0.15) is 5.60 Å². The second-order valence-electron chi connectivity index (χ2n) is 5.00. The average Bonchev–Trinajstić information content (AvgIpc) is 2.42. The van der Waals surface area contributed by atoms with E-state index in [9.17, 15) is 18.4 Å². The van der Waals surface area contributed by atoms with Crippen molar-refractivity contribution < 1.29 is 28.2 Å². The van der Waals surface area contributed by atoms with Gasteiger partial charge in [0.15, 0.2) is 6.17 Å². The monoisotopic (exact) mass is 251 g/mol. The van der Waals surface area contributed by atoms with Gasteiger partial charge in [0, 0.05) is 0 Å². The molecule has 2 atom stereocenters. The Morgan fingerprint density at radius 3 is 2.35 bits per heavy atom. The van der Waals surface area contributed by atoms with Crippen molar-refractivity contribution in [1.29, 1.82) is 0 Å². The zero-order chi connectivity index (χ0) is 13.4. The summed E-state index contributed by atoms with van der Waals surface area (Å²) < 4.78 is 31.8. The highest BCUT2D eigenvalue weighted by Gasteiger charge is 2.56. The number of hydrogen-bond donors (Lipinski definition) is 1. The van der Waals surface area contributed by atoms with Crippen LogP contribution < -0.4 is 0 Å². The molecule has 5 nitrogen and oxygen atoms in total. The summed E-state index contributed by atoms with van der Waals surface area (Å²) in [4.78, 5) is 22.8. The molecule has 1 aliphatic heterocycles. The Morgan fingerprint density at radius 2 is 2.00 bits per heavy atom. The molecule has 0 aromatic rings. The Balaban J connectivity index is 2.73. The molecule has 0 aromatic carbocycles. The number of carboxylic acids is 1. The van der Waals surface area contributed by atoms with Gasteiger partial charge in [-0.15, -0.1) is 0 Å². The van der Waals surface area contributed by atoms with E-state index in [0.717, 1.165) is 4.90 Å². The van der Waals surface area contributed by atoms with Crippen molar-refractivity contribution in [2.45, 2.75) is 38.2 Å². The highest BCUT2D eigenvalue weighted by atomic mass is 19.2. The topological polar surface area (TPSA) is 66.8 Å². The number of halogens is 2. The fourth-order valence-corrected chi connectivity index (χ4v) is 1.45. The number of alkyl halides is 2. The van der Waals surface area contributed by atoms with Gasteiger partial charge in [-0.3, -0.25) is 0 Å². The maximum Gasteiger partial charge on any atom is 0.410 e. The van der Waals surface area contributed by atoms with Gasteiger partial charge in [-0.2, -0.15) is 0 Å². The van der Waals surface area contributed by atoms with E-state index in [1.54, 1.807) is 20.8 Å². The van der Waals surface area contributed by atoms with Gasteiger partial charge in [0.25, 0.3) is 5.67 Å². The highest BCUT2D eigenvalue weighted by molar-refractivity contribution is 5.81. The van der Waals surface area contributed by atoms with Crippen LogP contribution in [0.3, 0.4) is 0 Å². The summed E-state index contributed by atoms with van der Waals surface area (Å²) in [5.41, 5.74) is -3.84. The normalized spacial score (nSPS) is 29.2. The Bertz CT molecular complexity index is 342. The van der Waals surface area contributed by atoms with Crippen LogP contribution in [0.2, 0.25) is 0 Å². The zero-order valence-corrected chi connectivity index (χ0v) is 9.87. The second-order valence-corrected chi connectivity index (χ2v) is 5.00. The van der Waals surface area contributed by atoms with Crippen LogP contribution in [-0.2, 0) is 9.53 Å². The van der Waals surface area contributed by atoms with Crippen molar-refractivity contribution in [2.75, 3.05) is 13.1 Å². The van der Waals surface area contributed by atoms with Crippen LogP contribution >= 0.6 is 0 Å². The van der Waals surface area contributed by atoms with E-state index in [4.69, 9.17) is 9.84 Å². The molecular weight excluding hydrogens is 236 g/mol. The lowest BCUT2D eigenvalue weighted by molar-refractivity contribution is -0.153. The summed E-state index contributed by atoms with van der Waals surface area (Å²) >= 11 is 0. The van der Waals surface area contributed by atoms with Crippen molar-refractivity contribution in [3.63, 3.8) is 0 Å². The highest BCUT2D eigenvalue weighted by Crippen LogP contribution is 2.30. The van der Waals surface area contributed by atoms with Gasteiger partial charge in [0.05, 0.1) is 13.1 Å². The van der Waals surface area contributed by atoms with Crippen LogP contribution in [0.1, 0.15) is 20.8 Å². The summed E-state index contributed by atoms with van der Waals surface area (Å²) in [6.07, 6.45) is -3.16. The van der Waals surface area contributed by atoms with Gasteiger partial charge in [0.2, 0.25) is 0 Å². The predicted octanol–water partition coefficient (Wildman–Crippen LogP) is 1.37. The summed E-state index contributed by atoms with van der Waals surface area (Å²) in [6, 6.07) is 0. The van der Waals surface area contributed by atoms with Gasteiger partial charge in [-0.05, 0) is 20.8 Å². The molecule has 0 aromatic heterocycles. The van der Waals surface area contributed by atoms with E-state index in [0.29, 0.717) is 0 Å². The lowest BCUT2D eigenvalue weighted by Crippen LogP contribution is -2.44. The Kier molecular flexibility index (Phi) is 3.31. The molecule has 1 fully saturated rings. The van der Waals surface area contributed by atoms with E-state index in [1.165, 1.54) is 0 Å². The quantitative estimate of drug-likeness (QED) is 0.764. The Hall–Kier alpha value is -1.40. The molecule has 1 saturated heterocycles. The van der Waals surface area contributed by atoms with E-state index in [1.807, 2.05) is 0 Å². The number of carbonyl (C=O) groups is 2. The fourth-order valence-electron chi connectivity index (χ4n) is 1.45. The van der Waals surface area contributed by atoms with Gasteiger partial charge < -0.3 is 14.7 Å². The Morgan fingerprint density at radius 1 is 1.47 bits per heavy atom. The molecule has 1 N–H and O–H groups in total. The number of carboxylic acid groups (broad SMARTS) is 1. The number of aliphatic carboxylic acids is 1. The summed E-state index contributed by atoms with van der Waals surface area (Å²) in [7, 11) is 0. The van der Waals surface area contributed by atoms with Crippen molar-refractivity contribution in [1.82, 2.24) is 4.90 Å². The minimum Gasteiger partial charge on any atom is -0.479 e. The zero-order valence-electron chi connectivity index (χ0n) is 9.87. The van der Waals surface area contributed by atoms with Crippen molar-refractivity contribution in [3.05, 3.63) is 0 Å². The third kappa shape index (κ3) is 2.83. The van der Waals surface area contributed by atoms with Crippen LogP contribution in [-0.4, -0.2) is 52.6 Å². The summed E-state index contributed by atoms with van der Waals surface area (Å²) in [6.45, 7) is 3.37. The Labute approximate surface area is 97.3 Å². The maximum absolute atomic E-state index is 13.6. The second kappa shape index (κ2) is 4.12. The van der Waals surface area contributed by atoms with Crippen LogP contribution in [0, 0.1) is 0 Å². The van der Waals surface area contributed by atoms with Gasteiger partial charge >= 0.3 is 12.1 Å². The third-order valence-electron chi connectivity index (χ3n) is 2.31. The first-order chi connectivity index (χ1) is 7.56. The molecule has 17 heavy (non-hydrogen) atoms. The molecule has 0 saturated carbocycles. The van der Waals surface area contributed by atoms with E-state index in [-0.39, 0.29) is 0 Å². The van der Waals surface area contributed by atoms with Crippen LogP contribution in [0.4, 0.5) is 13.6 Å². The largest absolute Gasteiger partial charge is 0.479 e. The van der Waals surface area contributed by atoms with Gasteiger partial charge in [-0.1, -0.05) is 0 Å². The number of ether oxygens (including phenoxy) is 1. The van der Waals surface area contributed by atoms with E-state index in [2.05, 4.69) is 0 Å². The molecule has 2 unspecified atom stereocenters. The summed E-state index contributed by atoms with van der Waals surface area (Å²) in [5, 5.41) is 8.58. The number of carbonyl (C=O) groups excluding carboxylic acids is 1. The maximum atomic E-state index is 13.6. The molecule has 1 rings (SSSR count). The molecule has 1 aliphatic rings. The molecule has 0 spiro atoms. The SMILES string of the molecule is CC(C)(C)OC(=O)N1CC(F)C(F)(C(=O)O)C1. The van der Waals surface area contributed by atoms with Gasteiger partial charge in [-0.25, -0.2) is 18.4 Å². The van der Waals surface area contributed by atoms with E-state index >= 15 is 0 Å². The van der Waals surface area contributed by atoms with Crippen LogP contribution in [0.25, 0.3) is 0 Å². The number of hydrogen-bond acceptors (Lipinski definition) is 3. The molecule has 0 bridgehead atoms. The molecule has 7 heteroatoms. The average molecular weight is 251 g/mol. The predicted molar refractivity (Wildman–Crippen MR) is 54.2 cm³/mol. The molecule has 0 radical (unpaired) electrons. The number of rotatable bonds is 1. The number of amides is 1. The smallest absolute Gasteiger partial charge is 0.410 e. The lowest BCUT2D eigenvalue weighted by Gasteiger charge is -2.24. The first-order valence-corrected chi connectivity index (χ1v) is 5.10. The van der Waals surface area contributed by atoms with E-state index < -0.39 is 42.6 Å². The van der Waals surface area contributed by atoms with Crippen molar-refractivity contribution >= 4 is 12.1 Å². The third-order valence-corrected chi connectivity index (χ3v) is 2.31. The molecule has 98 valence electrons. The molecule has 0 aliphatic carbocycles. The minimum absolute atomic E-state index is 0.613. The number of likely N-dealkylation sites (tertiary alicyclic amines) is 1. The van der Waals surface area contributed by atoms with Crippen molar-refractivity contribution in [3.8, 4) is 0 Å². The minimum atomic E-state index is -3.04. The molecule has 1 amide bonds. The first-order valence-electron chi connectivity index (χ1n) is 5.10. The fraction of sp³-hybridized carbons (Fsp3) is 0.800. The number of nitrogens with zero attached hydrogens (tertiary/aromatic N) is 1. The lowest BCUT2D eigenvalue weighted by atomic mass is 10.1. The first kappa shape index (κ1) is 13.7. The van der Waals surface area contributed by atoms with Crippen LogP contribution in [0.5, 0.6) is 0 Å². The molecule has 1 heterocycles.